The highest BCUT2D eigenvalue weighted by Crippen LogP contribution is 2.42. The van der Waals surface area contributed by atoms with Gasteiger partial charge in [-0.3, -0.25) is 4.79 Å². The lowest BCUT2D eigenvalue weighted by atomic mass is 9.92. The highest BCUT2D eigenvalue weighted by molar-refractivity contribution is 7.09. The van der Waals surface area contributed by atoms with E-state index in [9.17, 15) is 23.1 Å². The number of nitrogens with zero attached hydrogens (tertiary/aromatic N) is 1. The van der Waals surface area contributed by atoms with Gasteiger partial charge < -0.3 is 10.4 Å². The summed E-state index contributed by atoms with van der Waals surface area (Å²) in [5, 5.41) is 13.3. The quantitative estimate of drug-likeness (QED) is 0.867. The predicted octanol–water partition coefficient (Wildman–Crippen LogP) is 3.14. The summed E-state index contributed by atoms with van der Waals surface area (Å²) in [5.41, 5.74) is -2.92. The zero-order chi connectivity index (χ0) is 17.2. The third-order valence-electron chi connectivity index (χ3n) is 3.06. The molecule has 1 atom stereocenters. The highest BCUT2D eigenvalue weighted by Gasteiger charge is 2.58. The van der Waals surface area contributed by atoms with Gasteiger partial charge >= 0.3 is 6.18 Å². The zero-order valence-electron chi connectivity index (χ0n) is 13.0. The number of alkyl halides is 3. The van der Waals surface area contributed by atoms with Crippen LogP contribution in [0.1, 0.15) is 44.3 Å². The predicted molar refractivity (Wildman–Crippen MR) is 78.5 cm³/mol. The molecule has 0 unspecified atom stereocenters. The molecule has 1 aromatic rings. The summed E-state index contributed by atoms with van der Waals surface area (Å²) in [4.78, 5) is 15.5. The van der Waals surface area contributed by atoms with Crippen LogP contribution in [0.5, 0.6) is 0 Å². The first kappa shape index (κ1) is 18.9. The molecule has 0 saturated carbocycles. The molecular formula is C14H21F3N2O2S. The minimum absolute atomic E-state index is 0.0416. The molecule has 4 nitrogen and oxygen atoms in total. The summed E-state index contributed by atoms with van der Waals surface area (Å²) in [6.07, 6.45) is -5.44. The van der Waals surface area contributed by atoms with Gasteiger partial charge in [0.25, 0.3) is 0 Å². The third kappa shape index (κ3) is 4.95. The first-order chi connectivity index (χ1) is 9.85. The highest BCUT2D eigenvalue weighted by atomic mass is 32.1. The minimum Gasteiger partial charge on any atom is -0.374 e. The van der Waals surface area contributed by atoms with E-state index in [0.29, 0.717) is 23.5 Å². The van der Waals surface area contributed by atoms with Crippen molar-refractivity contribution in [3.8, 4) is 0 Å². The Balaban J connectivity index is 2.81. The van der Waals surface area contributed by atoms with Gasteiger partial charge in [0.1, 0.15) is 5.01 Å². The van der Waals surface area contributed by atoms with E-state index < -0.39 is 29.1 Å². The number of aromatic nitrogens is 1. The maximum Gasteiger partial charge on any atom is 0.424 e. The van der Waals surface area contributed by atoms with E-state index in [-0.39, 0.29) is 12.0 Å². The van der Waals surface area contributed by atoms with Crippen molar-refractivity contribution in [1.29, 1.82) is 0 Å². The molecule has 1 amide bonds. The topological polar surface area (TPSA) is 62.2 Å². The summed E-state index contributed by atoms with van der Waals surface area (Å²) in [6.45, 7) is 7.67. The number of aliphatic hydroxyl groups is 1. The average Bonchev–Trinajstić information content (AvgIpc) is 2.72. The molecule has 1 heterocycles. The van der Waals surface area contributed by atoms with Crippen LogP contribution in [0.2, 0.25) is 0 Å². The maximum atomic E-state index is 13.2. The number of nitrogens with one attached hydrogen (secondary N) is 1. The largest absolute Gasteiger partial charge is 0.424 e. The Bertz CT molecular complexity index is 523. The maximum absolute atomic E-state index is 13.2. The molecule has 0 saturated heterocycles. The van der Waals surface area contributed by atoms with Crippen LogP contribution >= 0.6 is 11.3 Å². The van der Waals surface area contributed by atoms with Gasteiger partial charge in [0.05, 0.1) is 6.42 Å². The Morgan fingerprint density at radius 2 is 1.95 bits per heavy atom. The Labute approximate surface area is 131 Å². The summed E-state index contributed by atoms with van der Waals surface area (Å²) < 4.78 is 39.6. The Hall–Kier alpha value is -1.15. The van der Waals surface area contributed by atoms with E-state index in [1.54, 1.807) is 0 Å². The van der Waals surface area contributed by atoms with Gasteiger partial charge in [-0.25, -0.2) is 4.98 Å². The lowest BCUT2D eigenvalue weighted by molar-refractivity contribution is -0.267. The van der Waals surface area contributed by atoms with Crippen molar-refractivity contribution in [2.24, 2.45) is 5.41 Å². The molecule has 0 aromatic carbocycles. The Morgan fingerprint density at radius 3 is 2.36 bits per heavy atom. The number of halogens is 3. The van der Waals surface area contributed by atoms with Crippen molar-refractivity contribution in [3.05, 3.63) is 16.1 Å². The summed E-state index contributed by atoms with van der Waals surface area (Å²) in [6, 6.07) is 0. The fourth-order valence-electron chi connectivity index (χ4n) is 1.71. The van der Waals surface area contributed by atoms with Crippen LogP contribution in [0, 0.1) is 12.3 Å². The molecule has 0 spiro atoms. The van der Waals surface area contributed by atoms with Crippen LogP contribution in [0.15, 0.2) is 5.38 Å². The van der Waals surface area contributed by atoms with Crippen LogP contribution in [0.25, 0.3) is 0 Å². The van der Waals surface area contributed by atoms with Crippen LogP contribution in [-0.2, 0) is 10.4 Å². The molecule has 0 bridgehead atoms. The number of thiazole rings is 1. The molecular weight excluding hydrogens is 317 g/mol. The van der Waals surface area contributed by atoms with Crippen LogP contribution in [0.4, 0.5) is 13.2 Å². The standard InChI is InChI=1S/C14H21F3N2O2S/c1-9-8-22-11(19-9)13(21,14(15,16)17)7-10(20)18-6-5-12(2,3)4/h8,21H,5-7H2,1-4H3,(H,18,20)/t13-/m1/s1. The fraction of sp³-hybridized carbons (Fsp3) is 0.714. The van der Waals surface area contributed by atoms with Crippen molar-refractivity contribution in [2.75, 3.05) is 6.54 Å². The van der Waals surface area contributed by atoms with Crippen LogP contribution in [-0.4, -0.2) is 28.7 Å². The number of hydrogen-bond donors (Lipinski definition) is 2. The lowest BCUT2D eigenvalue weighted by Gasteiger charge is -2.28. The molecule has 126 valence electrons. The van der Waals surface area contributed by atoms with Gasteiger partial charge in [-0.05, 0) is 18.8 Å². The van der Waals surface area contributed by atoms with Gasteiger partial charge in [-0.15, -0.1) is 11.3 Å². The second-order valence-electron chi connectivity index (χ2n) is 6.49. The van der Waals surface area contributed by atoms with E-state index in [4.69, 9.17) is 0 Å². The monoisotopic (exact) mass is 338 g/mol. The van der Waals surface area contributed by atoms with Gasteiger partial charge in [-0.1, -0.05) is 20.8 Å². The molecule has 1 rings (SSSR count). The molecule has 0 radical (unpaired) electrons. The minimum atomic E-state index is -4.97. The van der Waals surface area contributed by atoms with Gasteiger partial charge in [-0.2, -0.15) is 13.2 Å². The zero-order valence-corrected chi connectivity index (χ0v) is 13.9. The van der Waals surface area contributed by atoms with E-state index in [1.807, 2.05) is 20.8 Å². The molecule has 0 fully saturated rings. The first-order valence-electron chi connectivity index (χ1n) is 6.83. The average molecular weight is 338 g/mol. The molecule has 0 aliphatic carbocycles. The normalized spacial score (nSPS) is 15.5. The van der Waals surface area contributed by atoms with Gasteiger partial charge in [0.15, 0.2) is 0 Å². The van der Waals surface area contributed by atoms with Gasteiger partial charge in [0, 0.05) is 17.6 Å². The SMILES string of the molecule is Cc1csc([C@](O)(CC(=O)NCCC(C)(C)C)C(F)(F)F)n1. The number of aryl methyl sites for hydroxylation is 1. The number of hydrogen-bond acceptors (Lipinski definition) is 4. The molecule has 8 heteroatoms. The first-order valence-corrected chi connectivity index (χ1v) is 7.71. The van der Waals surface area contributed by atoms with Crippen molar-refractivity contribution >= 4 is 17.2 Å². The van der Waals surface area contributed by atoms with Crippen molar-refractivity contribution < 1.29 is 23.1 Å². The smallest absolute Gasteiger partial charge is 0.374 e. The Morgan fingerprint density at radius 1 is 1.36 bits per heavy atom. The molecule has 22 heavy (non-hydrogen) atoms. The summed E-state index contributed by atoms with van der Waals surface area (Å²) in [7, 11) is 0. The molecule has 1 aromatic heterocycles. The van der Waals surface area contributed by atoms with E-state index >= 15 is 0 Å². The fourth-order valence-corrected chi connectivity index (χ4v) is 2.63. The number of carbonyl (C=O) groups is 1. The van der Waals surface area contributed by atoms with Crippen molar-refractivity contribution in [2.45, 2.75) is 52.3 Å². The van der Waals surface area contributed by atoms with Crippen molar-refractivity contribution in [1.82, 2.24) is 10.3 Å². The van der Waals surface area contributed by atoms with E-state index in [0.717, 1.165) is 0 Å². The van der Waals surface area contributed by atoms with E-state index in [2.05, 4.69) is 10.3 Å². The second kappa shape index (κ2) is 6.54. The summed E-state index contributed by atoms with van der Waals surface area (Å²) in [5.74, 6) is -0.850. The number of carbonyl (C=O) groups excluding carboxylic acids is 1. The second-order valence-corrected chi connectivity index (χ2v) is 7.35. The number of amides is 1. The van der Waals surface area contributed by atoms with E-state index in [1.165, 1.54) is 12.3 Å². The number of rotatable bonds is 5. The van der Waals surface area contributed by atoms with Crippen LogP contribution < -0.4 is 5.32 Å². The molecule has 0 aliphatic heterocycles. The Kier molecular flexibility index (Phi) is 5.61. The van der Waals surface area contributed by atoms with Gasteiger partial charge in [0.2, 0.25) is 11.5 Å². The summed E-state index contributed by atoms with van der Waals surface area (Å²) >= 11 is 0.692. The molecule has 2 N–H and O–H groups in total. The lowest BCUT2D eigenvalue weighted by Crippen LogP contribution is -2.46. The van der Waals surface area contributed by atoms with Crippen molar-refractivity contribution in [3.63, 3.8) is 0 Å². The third-order valence-corrected chi connectivity index (χ3v) is 4.17. The van der Waals surface area contributed by atoms with Crippen LogP contribution in [0.3, 0.4) is 0 Å². The molecule has 0 aliphatic rings.